The molecule has 0 spiro atoms. The maximum atomic E-state index is 12.9. The molecule has 0 fully saturated rings. The highest BCUT2D eigenvalue weighted by Gasteiger charge is 2.19. The molecule has 1 rings (SSSR count). The smallest absolute Gasteiger partial charge is 0.258 e. The Balaban J connectivity index is 3.50. The Hall–Kier alpha value is -1.52. The number of nitro groups is 1. The van der Waals surface area contributed by atoms with Gasteiger partial charge in [-0.1, -0.05) is 0 Å². The highest BCUT2D eigenvalue weighted by atomic mass is 19.2. The zero-order valence-corrected chi connectivity index (χ0v) is 7.10. The molecule has 0 aliphatic carbocycles. The predicted molar refractivity (Wildman–Crippen MR) is 42.5 cm³/mol. The molecule has 5 heteroatoms. The van der Waals surface area contributed by atoms with Crippen LogP contribution >= 0.6 is 0 Å². The molecule has 0 atom stereocenters. The van der Waals surface area contributed by atoms with E-state index in [2.05, 4.69) is 0 Å². The van der Waals surface area contributed by atoms with Crippen LogP contribution in [0.2, 0.25) is 0 Å². The second kappa shape index (κ2) is 3.08. The lowest BCUT2D eigenvalue weighted by Gasteiger charge is -2.02. The van der Waals surface area contributed by atoms with Gasteiger partial charge in [0.15, 0.2) is 11.6 Å². The monoisotopic (exact) mass is 187 g/mol. The maximum Gasteiger partial charge on any atom is 0.275 e. The number of benzene rings is 1. The molecule has 0 aromatic heterocycles. The van der Waals surface area contributed by atoms with E-state index in [1.165, 1.54) is 13.8 Å². The molecule has 70 valence electrons. The van der Waals surface area contributed by atoms with Gasteiger partial charge in [-0.3, -0.25) is 10.1 Å². The topological polar surface area (TPSA) is 43.1 Å². The van der Waals surface area contributed by atoms with Crippen LogP contribution in [0, 0.1) is 35.6 Å². The van der Waals surface area contributed by atoms with Crippen LogP contribution in [0.5, 0.6) is 0 Å². The van der Waals surface area contributed by atoms with Crippen molar-refractivity contribution in [2.45, 2.75) is 13.8 Å². The summed E-state index contributed by atoms with van der Waals surface area (Å²) in [6, 6.07) is 1.02. The molecule has 0 saturated carbocycles. The molecular formula is C8H7F2NO2. The van der Waals surface area contributed by atoms with Crippen molar-refractivity contribution in [1.29, 1.82) is 0 Å². The summed E-state index contributed by atoms with van der Waals surface area (Å²) in [4.78, 5) is 9.62. The predicted octanol–water partition coefficient (Wildman–Crippen LogP) is 2.49. The van der Waals surface area contributed by atoms with E-state index in [1.807, 2.05) is 0 Å². The minimum atomic E-state index is -1.15. The molecule has 0 aliphatic heterocycles. The quantitative estimate of drug-likeness (QED) is 0.500. The molecule has 1 aromatic carbocycles. The largest absolute Gasteiger partial charge is 0.275 e. The molecule has 0 amide bonds. The summed E-state index contributed by atoms with van der Waals surface area (Å²) < 4.78 is 25.8. The number of nitrogens with zero attached hydrogens (tertiary/aromatic N) is 1. The Labute approximate surface area is 73.1 Å². The molecule has 0 N–H and O–H groups in total. The normalized spacial score (nSPS) is 10.2. The number of hydrogen-bond donors (Lipinski definition) is 0. The molecule has 13 heavy (non-hydrogen) atoms. The van der Waals surface area contributed by atoms with Crippen LogP contribution < -0.4 is 0 Å². The van der Waals surface area contributed by atoms with Gasteiger partial charge in [-0.25, -0.2) is 8.78 Å². The van der Waals surface area contributed by atoms with E-state index in [1.54, 1.807) is 0 Å². The van der Waals surface area contributed by atoms with E-state index < -0.39 is 22.2 Å². The van der Waals surface area contributed by atoms with Crippen molar-refractivity contribution < 1.29 is 13.7 Å². The molecule has 3 nitrogen and oxygen atoms in total. The van der Waals surface area contributed by atoms with Gasteiger partial charge in [-0.2, -0.15) is 0 Å². The lowest BCUT2D eigenvalue weighted by Crippen LogP contribution is -1.99. The van der Waals surface area contributed by atoms with Gasteiger partial charge in [0.05, 0.1) is 10.5 Å². The first kappa shape index (κ1) is 9.57. The van der Waals surface area contributed by atoms with Crippen LogP contribution in [-0.2, 0) is 0 Å². The molecule has 1 aromatic rings. The third kappa shape index (κ3) is 1.49. The third-order valence-corrected chi connectivity index (χ3v) is 1.80. The Morgan fingerprint density at radius 2 is 1.85 bits per heavy atom. The van der Waals surface area contributed by atoms with Crippen molar-refractivity contribution in [3.8, 4) is 0 Å². The molecule has 0 saturated heterocycles. The summed E-state index contributed by atoms with van der Waals surface area (Å²) in [6.45, 7) is 2.46. The Bertz CT molecular complexity index is 377. The van der Waals surface area contributed by atoms with E-state index in [0.717, 1.165) is 6.07 Å². The van der Waals surface area contributed by atoms with Crippen molar-refractivity contribution in [2.75, 3.05) is 0 Å². The van der Waals surface area contributed by atoms with Gasteiger partial charge in [0.1, 0.15) is 0 Å². The van der Waals surface area contributed by atoms with E-state index in [0.29, 0.717) is 0 Å². The first-order valence-corrected chi connectivity index (χ1v) is 3.54. The van der Waals surface area contributed by atoms with E-state index in [-0.39, 0.29) is 11.1 Å². The minimum absolute atomic E-state index is 0.0604. The number of nitro benzene ring substituents is 1. The van der Waals surface area contributed by atoms with Gasteiger partial charge in [0.25, 0.3) is 5.69 Å². The first-order valence-electron chi connectivity index (χ1n) is 3.54. The summed E-state index contributed by atoms with van der Waals surface area (Å²) in [7, 11) is 0. The van der Waals surface area contributed by atoms with Crippen molar-refractivity contribution in [2.24, 2.45) is 0 Å². The van der Waals surface area contributed by atoms with Gasteiger partial charge in [-0.15, -0.1) is 0 Å². The zero-order chi connectivity index (χ0) is 10.2. The van der Waals surface area contributed by atoms with Crippen molar-refractivity contribution >= 4 is 5.69 Å². The fourth-order valence-electron chi connectivity index (χ4n) is 1.02. The van der Waals surface area contributed by atoms with Crippen LogP contribution in [0.3, 0.4) is 0 Å². The Morgan fingerprint density at radius 3 is 2.31 bits per heavy atom. The van der Waals surface area contributed by atoms with Crippen molar-refractivity contribution in [3.05, 3.63) is 38.9 Å². The van der Waals surface area contributed by atoms with Crippen LogP contribution in [0.15, 0.2) is 6.07 Å². The maximum absolute atomic E-state index is 12.9. The fourth-order valence-corrected chi connectivity index (χ4v) is 1.02. The second-order valence-electron chi connectivity index (χ2n) is 2.72. The van der Waals surface area contributed by atoms with Crippen LogP contribution in [-0.4, -0.2) is 4.92 Å². The number of hydrogen-bond acceptors (Lipinski definition) is 2. The highest BCUT2D eigenvalue weighted by molar-refractivity contribution is 5.43. The SMILES string of the molecule is Cc1cc([N+](=O)[O-])c(C)c(F)c1F. The standard InChI is InChI=1S/C8H7F2NO2/c1-4-3-6(11(12)13)5(2)8(10)7(4)9/h3H,1-2H3. The van der Waals surface area contributed by atoms with Gasteiger partial charge in [0, 0.05) is 6.07 Å². The van der Waals surface area contributed by atoms with Crippen LogP contribution in [0.1, 0.15) is 11.1 Å². The van der Waals surface area contributed by atoms with E-state index in [4.69, 9.17) is 0 Å². The molecule has 0 bridgehead atoms. The van der Waals surface area contributed by atoms with Crippen molar-refractivity contribution in [3.63, 3.8) is 0 Å². The summed E-state index contributed by atoms with van der Waals surface area (Å²) in [5.74, 6) is -2.17. The average Bonchev–Trinajstić information content (AvgIpc) is 2.07. The van der Waals surface area contributed by atoms with Gasteiger partial charge in [0.2, 0.25) is 0 Å². The van der Waals surface area contributed by atoms with Crippen LogP contribution in [0.4, 0.5) is 14.5 Å². The average molecular weight is 187 g/mol. The summed E-state index contributed by atoms with van der Waals surface area (Å²) in [6.07, 6.45) is 0. The molecule has 0 unspecified atom stereocenters. The van der Waals surface area contributed by atoms with Crippen LogP contribution in [0.25, 0.3) is 0 Å². The third-order valence-electron chi connectivity index (χ3n) is 1.80. The summed E-state index contributed by atoms with van der Waals surface area (Å²) in [5.41, 5.74) is -0.723. The van der Waals surface area contributed by atoms with Gasteiger partial charge < -0.3 is 0 Å². The molecule has 0 radical (unpaired) electrons. The van der Waals surface area contributed by atoms with Gasteiger partial charge in [-0.05, 0) is 19.4 Å². The minimum Gasteiger partial charge on any atom is -0.258 e. The number of halogens is 2. The second-order valence-corrected chi connectivity index (χ2v) is 2.72. The molecule has 0 aliphatic rings. The fraction of sp³-hybridized carbons (Fsp3) is 0.250. The van der Waals surface area contributed by atoms with E-state index in [9.17, 15) is 18.9 Å². The Morgan fingerprint density at radius 1 is 1.31 bits per heavy atom. The molecular weight excluding hydrogens is 180 g/mol. The summed E-state index contributed by atoms with van der Waals surface area (Å²) >= 11 is 0. The first-order chi connectivity index (χ1) is 5.95. The Kier molecular flexibility index (Phi) is 2.27. The highest BCUT2D eigenvalue weighted by Crippen LogP contribution is 2.25. The lowest BCUT2D eigenvalue weighted by atomic mass is 10.1. The lowest BCUT2D eigenvalue weighted by molar-refractivity contribution is -0.385. The van der Waals surface area contributed by atoms with Gasteiger partial charge >= 0.3 is 0 Å². The summed E-state index contributed by atoms with van der Waals surface area (Å²) in [5, 5.41) is 10.4. The zero-order valence-electron chi connectivity index (χ0n) is 7.10. The number of rotatable bonds is 1. The molecule has 0 heterocycles. The number of aryl methyl sites for hydroxylation is 1. The van der Waals surface area contributed by atoms with E-state index >= 15 is 0 Å². The van der Waals surface area contributed by atoms with Crippen molar-refractivity contribution in [1.82, 2.24) is 0 Å².